The second kappa shape index (κ2) is 6.66. The molecule has 0 aromatic heterocycles. The van der Waals surface area contributed by atoms with Crippen molar-refractivity contribution >= 4 is 11.6 Å². The number of rotatable bonds is 5. The van der Waals surface area contributed by atoms with Gasteiger partial charge in [0, 0.05) is 11.8 Å². The van der Waals surface area contributed by atoms with Crippen LogP contribution in [0.5, 0.6) is 11.5 Å². The van der Waals surface area contributed by atoms with Crippen molar-refractivity contribution in [3.05, 3.63) is 18.2 Å². The molecule has 5 nitrogen and oxygen atoms in total. The summed E-state index contributed by atoms with van der Waals surface area (Å²) in [7, 11) is 1.32. The van der Waals surface area contributed by atoms with Crippen LogP contribution in [-0.2, 0) is 4.79 Å². The molecule has 1 fully saturated rings. The molecule has 2 rings (SSSR count). The van der Waals surface area contributed by atoms with Crippen LogP contribution < -0.4 is 20.5 Å². The summed E-state index contributed by atoms with van der Waals surface area (Å²) in [6.07, 6.45) is -1.52. The number of carbonyl (C=O) groups is 1. The van der Waals surface area contributed by atoms with Gasteiger partial charge in [-0.25, -0.2) is 0 Å². The molecule has 1 saturated carbocycles. The highest BCUT2D eigenvalue weighted by atomic mass is 19.4. The van der Waals surface area contributed by atoms with Crippen molar-refractivity contribution in [1.82, 2.24) is 0 Å². The van der Waals surface area contributed by atoms with Crippen LogP contribution in [0, 0.1) is 0 Å². The molecule has 1 aromatic carbocycles. The van der Waals surface area contributed by atoms with E-state index in [1.165, 1.54) is 25.3 Å². The van der Waals surface area contributed by atoms with E-state index in [0.29, 0.717) is 18.5 Å². The SMILES string of the molecule is COc1ccc(NC(=O)C2(N)CCCC2)cc1OCC(F)(F)F. The topological polar surface area (TPSA) is 73.6 Å². The average Bonchev–Trinajstić information content (AvgIpc) is 2.93. The molecule has 23 heavy (non-hydrogen) atoms. The highest BCUT2D eigenvalue weighted by molar-refractivity contribution is 5.98. The summed E-state index contributed by atoms with van der Waals surface area (Å²) in [6, 6.07) is 4.25. The lowest BCUT2D eigenvalue weighted by atomic mass is 9.98. The molecule has 0 atom stereocenters. The number of alkyl halides is 3. The van der Waals surface area contributed by atoms with Gasteiger partial charge in [-0.1, -0.05) is 12.8 Å². The summed E-state index contributed by atoms with van der Waals surface area (Å²) in [4.78, 5) is 12.2. The minimum atomic E-state index is -4.46. The molecule has 1 aliphatic rings. The molecular weight excluding hydrogens is 313 g/mol. The highest BCUT2D eigenvalue weighted by Crippen LogP contribution is 2.33. The Labute approximate surface area is 131 Å². The fourth-order valence-corrected chi connectivity index (χ4v) is 2.52. The molecule has 0 saturated heterocycles. The number of amides is 1. The van der Waals surface area contributed by atoms with Crippen LogP contribution in [0.15, 0.2) is 18.2 Å². The number of nitrogens with two attached hydrogens (primary N) is 1. The Morgan fingerprint density at radius 2 is 1.96 bits per heavy atom. The summed E-state index contributed by atoms with van der Waals surface area (Å²) in [5.41, 5.74) is 5.43. The molecule has 0 unspecified atom stereocenters. The zero-order valence-corrected chi connectivity index (χ0v) is 12.7. The van der Waals surface area contributed by atoms with E-state index in [9.17, 15) is 18.0 Å². The summed E-state index contributed by atoms with van der Waals surface area (Å²) in [6.45, 7) is -1.44. The van der Waals surface area contributed by atoms with Gasteiger partial charge in [0.05, 0.1) is 12.6 Å². The number of nitrogens with one attached hydrogen (secondary N) is 1. The third-order valence-corrected chi connectivity index (χ3v) is 3.76. The van der Waals surface area contributed by atoms with E-state index < -0.39 is 18.3 Å². The number of methoxy groups -OCH3 is 1. The molecule has 0 radical (unpaired) electrons. The summed E-state index contributed by atoms with van der Waals surface area (Å²) in [5, 5.41) is 2.63. The Bertz CT molecular complexity index is 570. The number of hydrogen-bond donors (Lipinski definition) is 2. The molecule has 1 aliphatic carbocycles. The molecule has 0 heterocycles. The van der Waals surface area contributed by atoms with Crippen LogP contribution in [0.1, 0.15) is 25.7 Å². The van der Waals surface area contributed by atoms with Crippen molar-refractivity contribution in [3.8, 4) is 11.5 Å². The van der Waals surface area contributed by atoms with Gasteiger partial charge in [-0.15, -0.1) is 0 Å². The lowest BCUT2D eigenvalue weighted by Gasteiger charge is -2.22. The van der Waals surface area contributed by atoms with Crippen LogP contribution in [-0.4, -0.2) is 31.3 Å². The maximum absolute atomic E-state index is 12.3. The minimum Gasteiger partial charge on any atom is -0.493 e. The molecule has 128 valence electrons. The first kappa shape index (κ1) is 17.4. The van der Waals surface area contributed by atoms with Gasteiger partial charge in [0.2, 0.25) is 5.91 Å². The number of hydrogen-bond acceptors (Lipinski definition) is 4. The van der Waals surface area contributed by atoms with Crippen molar-refractivity contribution in [2.75, 3.05) is 19.0 Å². The lowest BCUT2D eigenvalue weighted by molar-refractivity contribution is -0.153. The van der Waals surface area contributed by atoms with Crippen LogP contribution in [0.4, 0.5) is 18.9 Å². The fraction of sp³-hybridized carbons (Fsp3) is 0.533. The van der Waals surface area contributed by atoms with E-state index in [1.807, 2.05) is 0 Å². The van der Waals surface area contributed by atoms with Gasteiger partial charge >= 0.3 is 6.18 Å². The molecule has 0 bridgehead atoms. The summed E-state index contributed by atoms with van der Waals surface area (Å²) in [5.74, 6) is -0.294. The first-order valence-corrected chi connectivity index (χ1v) is 7.21. The van der Waals surface area contributed by atoms with Crippen LogP contribution >= 0.6 is 0 Å². The van der Waals surface area contributed by atoms with Crippen molar-refractivity contribution < 1.29 is 27.4 Å². The van der Waals surface area contributed by atoms with E-state index in [0.717, 1.165) is 12.8 Å². The smallest absolute Gasteiger partial charge is 0.422 e. The van der Waals surface area contributed by atoms with Crippen LogP contribution in [0.25, 0.3) is 0 Å². The molecule has 1 amide bonds. The average molecular weight is 332 g/mol. The van der Waals surface area contributed by atoms with Crippen LogP contribution in [0.3, 0.4) is 0 Å². The number of carbonyl (C=O) groups excluding carboxylic acids is 1. The number of ether oxygens (including phenoxy) is 2. The second-order valence-corrected chi connectivity index (χ2v) is 5.59. The zero-order chi connectivity index (χ0) is 17.1. The number of benzene rings is 1. The van der Waals surface area contributed by atoms with Crippen molar-refractivity contribution in [3.63, 3.8) is 0 Å². The van der Waals surface area contributed by atoms with Gasteiger partial charge in [0.1, 0.15) is 0 Å². The largest absolute Gasteiger partial charge is 0.493 e. The van der Waals surface area contributed by atoms with Crippen molar-refractivity contribution in [2.24, 2.45) is 5.73 Å². The Balaban J connectivity index is 2.12. The first-order chi connectivity index (χ1) is 10.7. The predicted octanol–water partition coefficient (Wildman–Crippen LogP) is 2.85. The molecule has 0 spiro atoms. The third-order valence-electron chi connectivity index (χ3n) is 3.76. The molecule has 8 heteroatoms. The van der Waals surface area contributed by atoms with Gasteiger partial charge in [-0.3, -0.25) is 4.79 Å². The van der Waals surface area contributed by atoms with Gasteiger partial charge in [0.25, 0.3) is 0 Å². The third kappa shape index (κ3) is 4.51. The standard InChI is InChI=1S/C15H19F3N2O3/c1-22-11-5-4-10(8-12(11)23-9-15(16,17)18)20-13(21)14(19)6-2-3-7-14/h4-5,8H,2-3,6-7,9,19H2,1H3,(H,20,21). The van der Waals surface area contributed by atoms with Crippen LogP contribution in [0.2, 0.25) is 0 Å². The Kier molecular flexibility index (Phi) is 5.03. The van der Waals surface area contributed by atoms with Gasteiger partial charge in [-0.2, -0.15) is 13.2 Å². The monoisotopic (exact) mass is 332 g/mol. The maximum atomic E-state index is 12.3. The highest BCUT2D eigenvalue weighted by Gasteiger charge is 2.37. The molecule has 1 aromatic rings. The quantitative estimate of drug-likeness (QED) is 0.869. The fourth-order valence-electron chi connectivity index (χ4n) is 2.52. The van der Waals surface area contributed by atoms with E-state index in [-0.39, 0.29) is 17.4 Å². The normalized spacial score (nSPS) is 16.9. The molecular formula is C15H19F3N2O3. The summed E-state index contributed by atoms with van der Waals surface area (Å²) >= 11 is 0. The minimum absolute atomic E-state index is 0.0971. The maximum Gasteiger partial charge on any atom is 0.422 e. The van der Waals surface area contributed by atoms with E-state index in [4.69, 9.17) is 15.2 Å². The summed E-state index contributed by atoms with van der Waals surface area (Å²) < 4.78 is 46.6. The van der Waals surface area contributed by atoms with Gasteiger partial charge in [0.15, 0.2) is 18.1 Å². The van der Waals surface area contributed by atoms with Gasteiger partial charge < -0.3 is 20.5 Å². The number of halogens is 3. The second-order valence-electron chi connectivity index (χ2n) is 5.59. The Morgan fingerprint density at radius 3 is 2.52 bits per heavy atom. The van der Waals surface area contributed by atoms with E-state index in [1.54, 1.807) is 0 Å². The lowest BCUT2D eigenvalue weighted by Crippen LogP contribution is -2.48. The Morgan fingerprint density at radius 1 is 1.30 bits per heavy atom. The molecule has 3 N–H and O–H groups in total. The first-order valence-electron chi connectivity index (χ1n) is 7.21. The van der Waals surface area contributed by atoms with Crippen molar-refractivity contribution in [1.29, 1.82) is 0 Å². The Hall–Kier alpha value is -1.96. The van der Waals surface area contributed by atoms with E-state index in [2.05, 4.69) is 5.32 Å². The molecule has 0 aliphatic heterocycles. The zero-order valence-electron chi connectivity index (χ0n) is 12.7. The van der Waals surface area contributed by atoms with E-state index >= 15 is 0 Å². The number of anilines is 1. The van der Waals surface area contributed by atoms with Crippen molar-refractivity contribution in [2.45, 2.75) is 37.4 Å². The van der Waals surface area contributed by atoms with Gasteiger partial charge in [-0.05, 0) is 25.0 Å². The predicted molar refractivity (Wildman–Crippen MR) is 78.6 cm³/mol.